The Bertz CT molecular complexity index is 336. The van der Waals surface area contributed by atoms with Crippen molar-refractivity contribution < 1.29 is 4.79 Å². The molecule has 0 atom stereocenters. The van der Waals surface area contributed by atoms with E-state index < -0.39 is 0 Å². The molecule has 4 nitrogen and oxygen atoms in total. The summed E-state index contributed by atoms with van der Waals surface area (Å²) in [6.45, 7) is 5.30. The van der Waals surface area contributed by atoms with Crippen LogP contribution in [0.15, 0.2) is 5.38 Å². The van der Waals surface area contributed by atoms with E-state index in [0.717, 1.165) is 17.1 Å². The van der Waals surface area contributed by atoms with Crippen LogP contribution in [0.25, 0.3) is 0 Å². The third kappa shape index (κ3) is 4.28. The molecule has 1 rings (SSSR count). The van der Waals surface area contributed by atoms with E-state index in [0.29, 0.717) is 25.4 Å². The largest absolute Gasteiger partial charge is 0.356 e. The molecule has 16 heavy (non-hydrogen) atoms. The summed E-state index contributed by atoms with van der Waals surface area (Å²) in [5, 5.41) is 6.03. The van der Waals surface area contributed by atoms with Crippen LogP contribution in [0.4, 0.5) is 0 Å². The van der Waals surface area contributed by atoms with Crippen LogP contribution < -0.4 is 11.1 Å². The summed E-state index contributed by atoms with van der Waals surface area (Å²) in [7, 11) is 0. The molecule has 0 bridgehead atoms. The van der Waals surface area contributed by atoms with Crippen molar-refractivity contribution in [1.82, 2.24) is 10.3 Å². The summed E-state index contributed by atoms with van der Waals surface area (Å²) in [5.41, 5.74) is 6.33. The van der Waals surface area contributed by atoms with Crippen LogP contribution in [-0.2, 0) is 11.2 Å². The first-order chi connectivity index (χ1) is 7.63. The summed E-state index contributed by atoms with van der Waals surface area (Å²) in [6.07, 6.45) is 1.19. The third-order valence-electron chi connectivity index (χ3n) is 2.14. The van der Waals surface area contributed by atoms with Crippen molar-refractivity contribution in [3.8, 4) is 0 Å². The van der Waals surface area contributed by atoms with Gasteiger partial charge in [-0.2, -0.15) is 0 Å². The van der Waals surface area contributed by atoms with Crippen LogP contribution in [0.3, 0.4) is 0 Å². The Morgan fingerprint density at radius 1 is 1.62 bits per heavy atom. The van der Waals surface area contributed by atoms with Gasteiger partial charge in [-0.25, -0.2) is 4.98 Å². The highest BCUT2D eigenvalue weighted by Crippen LogP contribution is 2.19. The number of carbonyl (C=O) groups is 1. The number of carbonyl (C=O) groups excluding carboxylic acids is 1. The fraction of sp³-hybridized carbons (Fsp3) is 0.636. The number of amides is 1. The number of aromatic nitrogens is 1. The van der Waals surface area contributed by atoms with Gasteiger partial charge < -0.3 is 11.1 Å². The second kappa shape index (κ2) is 6.60. The molecule has 0 aliphatic rings. The zero-order valence-electron chi connectivity index (χ0n) is 9.82. The van der Waals surface area contributed by atoms with E-state index in [1.807, 2.05) is 0 Å². The molecule has 1 aromatic rings. The molecule has 0 saturated carbocycles. The van der Waals surface area contributed by atoms with Gasteiger partial charge in [0.25, 0.3) is 0 Å². The average Bonchev–Trinajstić information content (AvgIpc) is 2.67. The smallest absolute Gasteiger partial charge is 0.221 e. The van der Waals surface area contributed by atoms with Crippen molar-refractivity contribution in [2.45, 2.75) is 32.6 Å². The van der Waals surface area contributed by atoms with Gasteiger partial charge in [0.2, 0.25) is 5.91 Å². The highest BCUT2D eigenvalue weighted by Gasteiger charge is 2.06. The lowest BCUT2D eigenvalue weighted by molar-refractivity contribution is -0.120. The van der Waals surface area contributed by atoms with Gasteiger partial charge in [0.1, 0.15) is 0 Å². The molecule has 0 fully saturated rings. The molecule has 0 radical (unpaired) electrons. The van der Waals surface area contributed by atoms with Gasteiger partial charge in [0, 0.05) is 37.2 Å². The molecule has 1 amide bonds. The van der Waals surface area contributed by atoms with E-state index in [1.54, 1.807) is 11.3 Å². The maximum absolute atomic E-state index is 11.1. The van der Waals surface area contributed by atoms with Gasteiger partial charge in [0.15, 0.2) is 0 Å². The van der Waals surface area contributed by atoms with E-state index in [2.05, 4.69) is 29.5 Å². The zero-order chi connectivity index (χ0) is 12.0. The molecule has 0 aliphatic carbocycles. The molecule has 1 aromatic heterocycles. The highest BCUT2D eigenvalue weighted by molar-refractivity contribution is 7.09. The minimum Gasteiger partial charge on any atom is -0.356 e. The predicted molar refractivity (Wildman–Crippen MR) is 66.6 cm³/mol. The molecule has 90 valence electrons. The predicted octanol–water partition coefficient (Wildman–Crippen LogP) is 1.27. The van der Waals surface area contributed by atoms with Crippen LogP contribution in [0, 0.1) is 0 Å². The summed E-state index contributed by atoms with van der Waals surface area (Å²) >= 11 is 1.68. The van der Waals surface area contributed by atoms with Gasteiger partial charge in [-0.05, 0) is 0 Å². The Kier molecular flexibility index (Phi) is 5.42. The van der Waals surface area contributed by atoms with Gasteiger partial charge in [-0.1, -0.05) is 13.8 Å². The van der Waals surface area contributed by atoms with Gasteiger partial charge in [-0.3, -0.25) is 4.79 Å². The fourth-order valence-corrected chi connectivity index (χ4v) is 2.12. The second-order valence-electron chi connectivity index (χ2n) is 3.97. The summed E-state index contributed by atoms with van der Waals surface area (Å²) in [6, 6.07) is 0. The number of nitrogens with zero attached hydrogens (tertiary/aromatic N) is 1. The quantitative estimate of drug-likeness (QED) is 0.788. The molecule has 0 spiro atoms. The van der Waals surface area contributed by atoms with Crippen LogP contribution in [-0.4, -0.2) is 24.0 Å². The second-order valence-corrected chi connectivity index (χ2v) is 4.86. The normalized spacial score (nSPS) is 10.8. The van der Waals surface area contributed by atoms with Gasteiger partial charge >= 0.3 is 0 Å². The first-order valence-electron chi connectivity index (χ1n) is 5.54. The standard InChI is InChI=1S/C11H19N3OS/c1-8(2)11-14-9(7-16-11)4-6-13-10(15)3-5-12/h7-8H,3-6,12H2,1-2H3,(H,13,15). The van der Waals surface area contributed by atoms with Gasteiger partial charge in [-0.15, -0.1) is 11.3 Å². The zero-order valence-corrected chi connectivity index (χ0v) is 10.6. The molecule has 3 N–H and O–H groups in total. The minimum atomic E-state index is 0.0156. The van der Waals surface area contributed by atoms with Crippen molar-refractivity contribution in [3.05, 3.63) is 16.1 Å². The third-order valence-corrected chi connectivity index (χ3v) is 3.33. The molecule has 0 unspecified atom stereocenters. The Morgan fingerprint density at radius 3 is 2.94 bits per heavy atom. The summed E-state index contributed by atoms with van der Waals surface area (Å²) in [5.74, 6) is 0.493. The molecular weight excluding hydrogens is 222 g/mol. The lowest BCUT2D eigenvalue weighted by atomic mass is 10.2. The Morgan fingerprint density at radius 2 is 2.38 bits per heavy atom. The number of hydrogen-bond donors (Lipinski definition) is 2. The number of nitrogens with one attached hydrogen (secondary N) is 1. The number of hydrogen-bond acceptors (Lipinski definition) is 4. The fourth-order valence-electron chi connectivity index (χ4n) is 1.25. The average molecular weight is 241 g/mol. The lowest BCUT2D eigenvalue weighted by Gasteiger charge is -2.02. The first kappa shape index (κ1) is 13.1. The Labute approximate surface area is 100 Å². The minimum absolute atomic E-state index is 0.0156. The van der Waals surface area contributed by atoms with E-state index in [9.17, 15) is 4.79 Å². The van der Waals surface area contributed by atoms with Crippen molar-refractivity contribution in [3.63, 3.8) is 0 Å². The van der Waals surface area contributed by atoms with Crippen molar-refractivity contribution in [2.24, 2.45) is 5.73 Å². The van der Waals surface area contributed by atoms with Crippen molar-refractivity contribution in [1.29, 1.82) is 0 Å². The molecule has 0 aromatic carbocycles. The number of nitrogens with two attached hydrogens (primary N) is 1. The van der Waals surface area contributed by atoms with Crippen LogP contribution >= 0.6 is 11.3 Å². The van der Waals surface area contributed by atoms with E-state index >= 15 is 0 Å². The van der Waals surface area contributed by atoms with E-state index in [1.165, 1.54) is 0 Å². The maximum atomic E-state index is 11.1. The van der Waals surface area contributed by atoms with Crippen LogP contribution in [0.5, 0.6) is 0 Å². The van der Waals surface area contributed by atoms with Crippen LogP contribution in [0.1, 0.15) is 36.9 Å². The number of rotatable bonds is 6. The summed E-state index contributed by atoms with van der Waals surface area (Å²) in [4.78, 5) is 15.6. The van der Waals surface area contributed by atoms with Gasteiger partial charge in [0.05, 0.1) is 10.7 Å². The van der Waals surface area contributed by atoms with Crippen molar-refractivity contribution >= 4 is 17.2 Å². The Hall–Kier alpha value is -0.940. The van der Waals surface area contributed by atoms with E-state index in [-0.39, 0.29) is 5.91 Å². The SMILES string of the molecule is CC(C)c1nc(CCNC(=O)CCN)cs1. The summed E-state index contributed by atoms with van der Waals surface area (Å²) < 4.78 is 0. The highest BCUT2D eigenvalue weighted by atomic mass is 32.1. The molecule has 1 heterocycles. The van der Waals surface area contributed by atoms with E-state index in [4.69, 9.17) is 5.73 Å². The number of thiazole rings is 1. The monoisotopic (exact) mass is 241 g/mol. The maximum Gasteiger partial charge on any atom is 0.221 e. The topological polar surface area (TPSA) is 68.0 Å². The molecular formula is C11H19N3OS. The molecule has 5 heteroatoms. The van der Waals surface area contributed by atoms with Crippen LogP contribution in [0.2, 0.25) is 0 Å². The Balaban J connectivity index is 2.29. The first-order valence-corrected chi connectivity index (χ1v) is 6.42. The molecule has 0 aliphatic heterocycles. The van der Waals surface area contributed by atoms with Crippen molar-refractivity contribution in [2.75, 3.05) is 13.1 Å². The molecule has 0 saturated heterocycles. The lowest BCUT2D eigenvalue weighted by Crippen LogP contribution is -2.27.